The van der Waals surface area contributed by atoms with Gasteiger partial charge >= 0.3 is 0 Å². The maximum absolute atomic E-state index is 12.8. The number of ether oxygens (including phenoxy) is 1. The summed E-state index contributed by atoms with van der Waals surface area (Å²) in [5.74, 6) is 1.30. The molecule has 2 aromatic carbocycles. The molecule has 6 heteroatoms. The van der Waals surface area contributed by atoms with Gasteiger partial charge in [-0.15, -0.1) is 0 Å². The monoisotopic (exact) mass is 389 g/mol. The quantitative estimate of drug-likeness (QED) is 0.674. The fourth-order valence-electron chi connectivity index (χ4n) is 3.57. The van der Waals surface area contributed by atoms with E-state index in [1.807, 2.05) is 31.2 Å². The molecule has 1 aliphatic heterocycles. The molecule has 0 saturated carbocycles. The predicted molar refractivity (Wildman–Crippen MR) is 114 cm³/mol. The fourth-order valence-corrected chi connectivity index (χ4v) is 3.57. The van der Waals surface area contributed by atoms with E-state index in [9.17, 15) is 9.59 Å². The summed E-state index contributed by atoms with van der Waals surface area (Å²) in [6.07, 6.45) is 6.06. The Hall–Kier alpha value is -3.41. The largest absolute Gasteiger partial charge is 0.493 e. The number of anilines is 1. The lowest BCUT2D eigenvalue weighted by molar-refractivity contribution is -0.111. The molecule has 0 bridgehead atoms. The van der Waals surface area contributed by atoms with E-state index >= 15 is 0 Å². The van der Waals surface area contributed by atoms with Crippen LogP contribution in [-0.4, -0.2) is 22.1 Å². The second-order valence-electron chi connectivity index (χ2n) is 6.97. The molecule has 148 valence electrons. The number of aryl methyl sites for hydroxylation is 1. The molecule has 6 nitrogen and oxygen atoms in total. The number of rotatable bonds is 5. The second-order valence-corrected chi connectivity index (χ2v) is 6.97. The van der Waals surface area contributed by atoms with Gasteiger partial charge in [0, 0.05) is 30.3 Å². The Morgan fingerprint density at radius 1 is 1.24 bits per heavy atom. The number of nitrogens with zero attached hydrogens (tertiary/aromatic N) is 2. The zero-order valence-electron chi connectivity index (χ0n) is 16.4. The third-order valence-electron chi connectivity index (χ3n) is 4.97. The molecule has 1 N–H and O–H groups in total. The molecule has 0 fully saturated rings. The Kier molecular flexibility index (Phi) is 5.42. The van der Waals surface area contributed by atoms with Crippen LogP contribution < -0.4 is 15.6 Å². The molecule has 1 aromatic heterocycles. The van der Waals surface area contributed by atoms with Crippen LogP contribution in [0.15, 0.2) is 53.3 Å². The van der Waals surface area contributed by atoms with E-state index in [-0.39, 0.29) is 11.5 Å². The van der Waals surface area contributed by atoms with Gasteiger partial charge < -0.3 is 10.1 Å². The molecule has 29 heavy (non-hydrogen) atoms. The number of aromatic nitrogens is 2. The first-order chi connectivity index (χ1) is 14.2. The number of hydrogen-bond donors (Lipinski definition) is 1. The van der Waals surface area contributed by atoms with E-state index in [1.54, 1.807) is 28.8 Å². The van der Waals surface area contributed by atoms with Gasteiger partial charge in [0.1, 0.15) is 11.6 Å². The Morgan fingerprint density at radius 2 is 2.10 bits per heavy atom. The average Bonchev–Trinajstić information content (AvgIpc) is 2.74. The number of hydrogen-bond acceptors (Lipinski definition) is 4. The van der Waals surface area contributed by atoms with Crippen molar-refractivity contribution in [2.75, 3.05) is 11.9 Å². The molecule has 0 unspecified atom stereocenters. The predicted octanol–water partition coefficient (Wildman–Crippen LogP) is 3.78. The zero-order chi connectivity index (χ0) is 20.2. The first-order valence-electron chi connectivity index (χ1n) is 9.90. The van der Waals surface area contributed by atoms with Crippen LogP contribution in [0, 0.1) is 0 Å². The summed E-state index contributed by atoms with van der Waals surface area (Å²) in [5.41, 5.74) is 2.03. The molecule has 0 atom stereocenters. The molecular weight excluding hydrogens is 366 g/mol. The number of nitrogens with one attached hydrogen (secondary N) is 1. The molecule has 4 rings (SSSR count). The summed E-state index contributed by atoms with van der Waals surface area (Å²) in [5, 5.41) is 3.35. The lowest BCUT2D eigenvalue weighted by atomic mass is 10.1. The minimum atomic E-state index is -0.276. The SMILES string of the molecule is CCOc1ccccc1/C=C/C(=O)Nc1ccc2nc3n(c(=O)c2c1)CCCC3. The molecule has 1 aliphatic rings. The minimum Gasteiger partial charge on any atom is -0.493 e. The third kappa shape index (κ3) is 4.06. The van der Waals surface area contributed by atoms with Crippen LogP contribution in [0.3, 0.4) is 0 Å². The van der Waals surface area contributed by atoms with E-state index in [1.165, 1.54) is 6.08 Å². The lowest BCUT2D eigenvalue weighted by Crippen LogP contribution is -2.28. The number of fused-ring (bicyclic) bond motifs is 2. The smallest absolute Gasteiger partial charge is 0.261 e. The van der Waals surface area contributed by atoms with Crippen LogP contribution >= 0.6 is 0 Å². The molecule has 0 saturated heterocycles. The third-order valence-corrected chi connectivity index (χ3v) is 4.97. The first-order valence-corrected chi connectivity index (χ1v) is 9.90. The summed E-state index contributed by atoms with van der Waals surface area (Å²) in [7, 11) is 0. The topological polar surface area (TPSA) is 73.2 Å². The van der Waals surface area contributed by atoms with Crippen LogP contribution in [0.2, 0.25) is 0 Å². The van der Waals surface area contributed by atoms with Crippen molar-refractivity contribution >= 4 is 28.6 Å². The molecular formula is C23H23N3O3. The van der Waals surface area contributed by atoms with Crippen molar-refractivity contribution in [1.29, 1.82) is 0 Å². The van der Waals surface area contributed by atoms with Crippen molar-refractivity contribution in [3.8, 4) is 5.75 Å². The lowest BCUT2D eigenvalue weighted by Gasteiger charge is -2.17. The van der Waals surface area contributed by atoms with Crippen LogP contribution in [0.4, 0.5) is 5.69 Å². The maximum atomic E-state index is 12.8. The number of carbonyl (C=O) groups is 1. The van der Waals surface area contributed by atoms with Crippen LogP contribution in [-0.2, 0) is 17.8 Å². The van der Waals surface area contributed by atoms with Crippen LogP contribution in [0.25, 0.3) is 17.0 Å². The number of carbonyl (C=O) groups excluding carboxylic acids is 1. The van der Waals surface area contributed by atoms with Crippen molar-refractivity contribution in [3.05, 3.63) is 70.3 Å². The standard InChI is InChI=1S/C23H23N3O3/c1-2-29-20-8-4-3-7-16(20)10-13-22(27)24-17-11-12-19-18(15-17)23(28)26-14-6-5-9-21(26)25-19/h3-4,7-8,10-13,15H,2,5-6,9,14H2,1H3,(H,24,27)/b13-10+. The maximum Gasteiger partial charge on any atom is 0.261 e. The van der Waals surface area contributed by atoms with Gasteiger partial charge in [0.05, 0.1) is 17.5 Å². The molecule has 0 aliphatic carbocycles. The summed E-state index contributed by atoms with van der Waals surface area (Å²) in [6, 6.07) is 12.8. The molecule has 0 radical (unpaired) electrons. The van der Waals surface area contributed by atoms with Gasteiger partial charge in [0.25, 0.3) is 5.56 Å². The zero-order valence-corrected chi connectivity index (χ0v) is 16.4. The summed E-state index contributed by atoms with van der Waals surface area (Å²) >= 11 is 0. The van der Waals surface area contributed by atoms with Crippen LogP contribution in [0.1, 0.15) is 31.2 Å². The van der Waals surface area contributed by atoms with Gasteiger partial charge in [0.2, 0.25) is 5.91 Å². The second kappa shape index (κ2) is 8.31. The first kappa shape index (κ1) is 18.9. The highest BCUT2D eigenvalue weighted by atomic mass is 16.5. The van der Waals surface area contributed by atoms with E-state index in [4.69, 9.17) is 4.74 Å². The van der Waals surface area contributed by atoms with Crippen molar-refractivity contribution in [3.63, 3.8) is 0 Å². The van der Waals surface area contributed by atoms with Gasteiger partial charge in [-0.1, -0.05) is 18.2 Å². The van der Waals surface area contributed by atoms with Gasteiger partial charge in [-0.05, 0) is 50.1 Å². The number of benzene rings is 2. The molecule has 1 amide bonds. The Balaban J connectivity index is 1.56. The van der Waals surface area contributed by atoms with Gasteiger partial charge in [-0.3, -0.25) is 14.2 Å². The van der Waals surface area contributed by atoms with Crippen molar-refractivity contribution in [2.24, 2.45) is 0 Å². The summed E-state index contributed by atoms with van der Waals surface area (Å²) in [6.45, 7) is 3.18. The van der Waals surface area contributed by atoms with Gasteiger partial charge in [0.15, 0.2) is 0 Å². The summed E-state index contributed by atoms with van der Waals surface area (Å²) in [4.78, 5) is 29.8. The Labute approximate surface area is 168 Å². The van der Waals surface area contributed by atoms with Gasteiger partial charge in [-0.2, -0.15) is 0 Å². The van der Waals surface area contributed by atoms with Crippen LogP contribution in [0.5, 0.6) is 5.75 Å². The number of amides is 1. The van der Waals surface area contributed by atoms with E-state index < -0.39 is 0 Å². The van der Waals surface area contributed by atoms with Gasteiger partial charge in [-0.25, -0.2) is 4.98 Å². The average molecular weight is 389 g/mol. The summed E-state index contributed by atoms with van der Waals surface area (Å²) < 4.78 is 7.32. The van der Waals surface area contributed by atoms with Crippen molar-refractivity contribution in [2.45, 2.75) is 32.7 Å². The minimum absolute atomic E-state index is 0.0398. The molecule has 3 aromatic rings. The Morgan fingerprint density at radius 3 is 2.97 bits per heavy atom. The Bertz CT molecular complexity index is 1150. The van der Waals surface area contributed by atoms with E-state index in [2.05, 4.69) is 10.3 Å². The fraction of sp³-hybridized carbons (Fsp3) is 0.261. The highest BCUT2D eigenvalue weighted by Gasteiger charge is 2.15. The normalized spacial score (nSPS) is 13.4. The van der Waals surface area contributed by atoms with Crippen molar-refractivity contribution < 1.29 is 9.53 Å². The molecule has 2 heterocycles. The molecule has 0 spiro atoms. The van der Waals surface area contributed by atoms with E-state index in [0.29, 0.717) is 29.7 Å². The number of para-hydroxylation sites is 1. The highest BCUT2D eigenvalue weighted by Crippen LogP contribution is 2.20. The van der Waals surface area contributed by atoms with Crippen molar-refractivity contribution in [1.82, 2.24) is 9.55 Å². The highest BCUT2D eigenvalue weighted by molar-refractivity contribution is 6.03. The van der Waals surface area contributed by atoms with E-state index in [0.717, 1.165) is 36.4 Å².